The fraction of sp³-hybridized carbons (Fsp3) is 0.263. The van der Waals surface area contributed by atoms with Gasteiger partial charge in [-0.05, 0) is 35.6 Å². The molecule has 0 spiro atoms. The van der Waals surface area contributed by atoms with E-state index in [0.717, 1.165) is 22.7 Å². The number of rotatable bonds is 3. The first-order valence-electron chi connectivity index (χ1n) is 7.52. The molecular weight excluding hydrogens is 272 g/mol. The highest BCUT2D eigenvalue weighted by molar-refractivity contribution is 5.76. The van der Waals surface area contributed by atoms with Gasteiger partial charge in [0, 0.05) is 19.0 Å². The van der Waals surface area contributed by atoms with E-state index in [-0.39, 0.29) is 0 Å². The van der Waals surface area contributed by atoms with Gasteiger partial charge in [-0.1, -0.05) is 38.0 Å². The highest BCUT2D eigenvalue weighted by Crippen LogP contribution is 2.26. The van der Waals surface area contributed by atoms with Crippen molar-refractivity contribution in [1.29, 1.82) is 0 Å². The molecule has 0 aliphatic carbocycles. The van der Waals surface area contributed by atoms with Crippen LogP contribution in [0.5, 0.6) is 0 Å². The lowest BCUT2D eigenvalue weighted by Crippen LogP contribution is -1.86. The summed E-state index contributed by atoms with van der Waals surface area (Å²) in [4.78, 5) is 8.73. The quantitative estimate of drug-likeness (QED) is 0.674. The molecule has 0 N–H and O–H groups in total. The van der Waals surface area contributed by atoms with Crippen molar-refractivity contribution in [1.82, 2.24) is 9.97 Å². The predicted octanol–water partition coefficient (Wildman–Crippen LogP) is 4.33. The number of pyridine rings is 1. The molecule has 0 aliphatic rings. The summed E-state index contributed by atoms with van der Waals surface area (Å²) >= 11 is 0. The zero-order valence-electron chi connectivity index (χ0n) is 12.8. The fourth-order valence-corrected chi connectivity index (χ4v) is 2.34. The highest BCUT2D eigenvalue weighted by Gasteiger charge is 2.11. The normalized spacial score (nSPS) is 10.7. The molecule has 0 atom stereocenters. The summed E-state index contributed by atoms with van der Waals surface area (Å²) in [6, 6.07) is 11.9. The van der Waals surface area contributed by atoms with Gasteiger partial charge < -0.3 is 4.42 Å². The Morgan fingerprint density at radius 2 is 2.05 bits per heavy atom. The van der Waals surface area contributed by atoms with Crippen LogP contribution >= 0.6 is 0 Å². The van der Waals surface area contributed by atoms with Gasteiger partial charge in [0.2, 0.25) is 0 Å². The fourth-order valence-electron chi connectivity index (χ4n) is 2.34. The van der Waals surface area contributed by atoms with Crippen molar-refractivity contribution in [3.8, 4) is 11.8 Å². The Kier molecular flexibility index (Phi) is 4.20. The number of hydrogen-bond donors (Lipinski definition) is 0. The minimum absolute atomic E-state index is 0.424. The number of hydrogen-bond acceptors (Lipinski definition) is 3. The molecule has 3 rings (SSSR count). The van der Waals surface area contributed by atoms with Crippen molar-refractivity contribution in [3.05, 3.63) is 59.7 Å². The maximum Gasteiger partial charge on any atom is 0.196 e. The van der Waals surface area contributed by atoms with Gasteiger partial charge in [-0.15, -0.1) is 0 Å². The minimum atomic E-state index is 0.424. The third-order valence-electron chi connectivity index (χ3n) is 3.46. The first-order chi connectivity index (χ1) is 10.7. The molecule has 22 heavy (non-hydrogen) atoms. The molecule has 0 unspecified atom stereocenters. The van der Waals surface area contributed by atoms with Crippen LogP contribution in [0.15, 0.2) is 47.0 Å². The molecule has 2 heterocycles. The van der Waals surface area contributed by atoms with Crippen LogP contribution in [0, 0.1) is 11.8 Å². The summed E-state index contributed by atoms with van der Waals surface area (Å²) in [5.74, 6) is 7.34. The first kappa shape index (κ1) is 14.3. The molecular formula is C19H18N2O. The lowest BCUT2D eigenvalue weighted by molar-refractivity contribution is 0.527. The molecule has 2 aromatic heterocycles. The smallest absolute Gasteiger partial charge is 0.196 e. The van der Waals surface area contributed by atoms with E-state index < -0.39 is 0 Å². The number of aryl methyl sites for hydroxylation is 1. The maximum absolute atomic E-state index is 5.92. The summed E-state index contributed by atoms with van der Waals surface area (Å²) in [5.41, 5.74) is 3.84. The van der Waals surface area contributed by atoms with Crippen LogP contribution < -0.4 is 0 Å². The maximum atomic E-state index is 5.92. The van der Waals surface area contributed by atoms with Crippen LogP contribution in [0.4, 0.5) is 0 Å². The second kappa shape index (κ2) is 6.44. The van der Waals surface area contributed by atoms with Crippen LogP contribution in [0.25, 0.3) is 11.1 Å². The summed E-state index contributed by atoms with van der Waals surface area (Å²) in [6.07, 6.45) is 3.17. The van der Waals surface area contributed by atoms with E-state index in [1.54, 1.807) is 6.20 Å². The van der Waals surface area contributed by atoms with Crippen molar-refractivity contribution in [2.45, 2.75) is 32.6 Å². The molecule has 3 aromatic rings. The van der Waals surface area contributed by atoms with Gasteiger partial charge in [0.1, 0.15) is 11.2 Å². The van der Waals surface area contributed by atoms with Crippen LogP contribution in [-0.2, 0) is 6.42 Å². The van der Waals surface area contributed by atoms with Crippen LogP contribution in [0.2, 0.25) is 0 Å². The monoisotopic (exact) mass is 290 g/mol. The largest absolute Gasteiger partial charge is 0.440 e. The number of oxazole rings is 1. The van der Waals surface area contributed by atoms with Gasteiger partial charge in [-0.2, -0.15) is 0 Å². The summed E-state index contributed by atoms with van der Waals surface area (Å²) in [6.45, 7) is 4.32. The molecule has 0 saturated heterocycles. The Hall–Kier alpha value is -2.60. The third kappa shape index (κ3) is 3.17. The molecule has 0 fully saturated rings. The Morgan fingerprint density at radius 3 is 2.82 bits per heavy atom. The summed E-state index contributed by atoms with van der Waals surface area (Å²) in [7, 11) is 0. The second-order valence-electron chi connectivity index (χ2n) is 5.47. The number of benzene rings is 1. The average Bonchev–Trinajstić information content (AvgIpc) is 2.95. The molecule has 0 aliphatic heterocycles. The number of aromatic nitrogens is 2. The van der Waals surface area contributed by atoms with Crippen molar-refractivity contribution < 1.29 is 4.42 Å². The van der Waals surface area contributed by atoms with Gasteiger partial charge in [0.25, 0.3) is 0 Å². The van der Waals surface area contributed by atoms with Crippen molar-refractivity contribution in [3.63, 3.8) is 0 Å². The Morgan fingerprint density at radius 1 is 1.14 bits per heavy atom. The topological polar surface area (TPSA) is 38.9 Å². The van der Waals surface area contributed by atoms with Gasteiger partial charge in [-0.3, -0.25) is 0 Å². The Balaban J connectivity index is 1.73. The number of nitrogens with zero attached hydrogens (tertiary/aromatic N) is 2. The molecule has 3 heteroatoms. The Labute approximate surface area is 130 Å². The zero-order valence-corrected chi connectivity index (χ0v) is 12.8. The molecule has 110 valence electrons. The predicted molar refractivity (Wildman–Crippen MR) is 87.5 cm³/mol. The zero-order chi connectivity index (χ0) is 15.4. The molecule has 3 nitrogen and oxygen atoms in total. The summed E-state index contributed by atoms with van der Waals surface area (Å²) < 4.78 is 5.92. The van der Waals surface area contributed by atoms with Crippen molar-refractivity contribution in [2.24, 2.45) is 0 Å². The molecule has 0 amide bonds. The van der Waals surface area contributed by atoms with E-state index in [2.05, 4.69) is 41.7 Å². The Bertz CT molecular complexity index is 823. The SMILES string of the molecule is CC(C)c1cccc2nc(CCC#Cc3ccccn3)oc12. The number of para-hydroxylation sites is 1. The second-order valence-corrected chi connectivity index (χ2v) is 5.47. The number of fused-ring (bicyclic) bond motifs is 1. The van der Waals surface area contributed by atoms with Gasteiger partial charge in [-0.25, -0.2) is 9.97 Å². The lowest BCUT2D eigenvalue weighted by Gasteiger charge is -2.03. The standard InChI is InChI=1S/C19H18N2O/c1-14(2)16-10-7-11-17-19(16)22-18(21-17)12-4-3-8-15-9-5-6-13-20-15/h5-7,9-11,13-14H,4,12H2,1-2H3. The van der Waals surface area contributed by atoms with E-state index in [4.69, 9.17) is 4.42 Å². The van der Waals surface area contributed by atoms with Crippen LogP contribution in [0.3, 0.4) is 0 Å². The minimum Gasteiger partial charge on any atom is -0.440 e. The highest BCUT2D eigenvalue weighted by atomic mass is 16.3. The van der Waals surface area contributed by atoms with Gasteiger partial charge in [0.05, 0.1) is 0 Å². The van der Waals surface area contributed by atoms with E-state index in [9.17, 15) is 0 Å². The van der Waals surface area contributed by atoms with Gasteiger partial charge >= 0.3 is 0 Å². The van der Waals surface area contributed by atoms with Crippen LogP contribution in [-0.4, -0.2) is 9.97 Å². The van der Waals surface area contributed by atoms with Crippen LogP contribution in [0.1, 0.15) is 43.3 Å². The van der Waals surface area contributed by atoms with E-state index in [0.29, 0.717) is 18.8 Å². The molecule has 0 bridgehead atoms. The molecule has 0 radical (unpaired) electrons. The van der Waals surface area contributed by atoms with E-state index in [1.807, 2.05) is 30.3 Å². The van der Waals surface area contributed by atoms with Crippen molar-refractivity contribution in [2.75, 3.05) is 0 Å². The van der Waals surface area contributed by atoms with Crippen molar-refractivity contribution >= 4 is 11.1 Å². The summed E-state index contributed by atoms with van der Waals surface area (Å²) in [5, 5.41) is 0. The van der Waals surface area contributed by atoms with E-state index >= 15 is 0 Å². The molecule has 0 saturated carbocycles. The first-order valence-corrected chi connectivity index (χ1v) is 7.52. The molecule has 1 aromatic carbocycles. The van der Waals surface area contributed by atoms with Gasteiger partial charge in [0.15, 0.2) is 11.5 Å². The lowest BCUT2D eigenvalue weighted by atomic mass is 10.0. The third-order valence-corrected chi connectivity index (χ3v) is 3.46. The van der Waals surface area contributed by atoms with E-state index in [1.165, 1.54) is 5.56 Å². The average molecular weight is 290 g/mol.